The van der Waals surface area contributed by atoms with Gasteiger partial charge in [-0.3, -0.25) is 4.79 Å². The number of hydrogen-bond donors (Lipinski definition) is 1. The highest BCUT2D eigenvalue weighted by Gasteiger charge is 2.12. The van der Waals surface area contributed by atoms with Crippen LogP contribution in [0.1, 0.15) is 20.8 Å². The van der Waals surface area contributed by atoms with Gasteiger partial charge in [0.15, 0.2) is 5.58 Å². The molecule has 0 radical (unpaired) electrons. The Balaban J connectivity index is 1.43. The number of nitrogens with one attached hydrogen (secondary N) is 1. The first kappa shape index (κ1) is 20.7. The van der Waals surface area contributed by atoms with Gasteiger partial charge in [-0.1, -0.05) is 0 Å². The second-order valence-electron chi connectivity index (χ2n) is 6.98. The fourth-order valence-corrected chi connectivity index (χ4v) is 4.62. The van der Waals surface area contributed by atoms with E-state index in [1.54, 1.807) is 29.7 Å². The molecule has 0 unspecified atom stereocenters. The number of furan rings is 1. The first-order valence-electron chi connectivity index (χ1n) is 9.33. The Morgan fingerprint density at radius 1 is 1.27 bits per heavy atom. The van der Waals surface area contributed by atoms with Gasteiger partial charge in [-0.25, -0.2) is 9.37 Å². The quantitative estimate of drug-likeness (QED) is 0.362. The molecule has 4 rings (SSSR count). The first-order valence-corrected chi connectivity index (χ1v) is 11.0. The molecule has 0 bridgehead atoms. The van der Waals surface area contributed by atoms with E-state index in [0.717, 1.165) is 35.1 Å². The molecule has 4 aromatic rings. The van der Waals surface area contributed by atoms with E-state index >= 15 is 0 Å². The molecule has 0 aliphatic carbocycles. The van der Waals surface area contributed by atoms with Crippen LogP contribution >= 0.6 is 27.3 Å². The van der Waals surface area contributed by atoms with E-state index in [2.05, 4.69) is 49.6 Å². The molecule has 0 atom stereocenters. The van der Waals surface area contributed by atoms with Gasteiger partial charge in [0.1, 0.15) is 17.2 Å². The summed E-state index contributed by atoms with van der Waals surface area (Å²) in [6.07, 6.45) is 2.50. The van der Waals surface area contributed by atoms with Gasteiger partial charge in [0.25, 0.3) is 5.91 Å². The summed E-state index contributed by atoms with van der Waals surface area (Å²) in [4.78, 5) is 20.5. The lowest BCUT2D eigenvalue weighted by Gasteiger charge is -2.14. The molecule has 1 aromatic carbocycles. The van der Waals surface area contributed by atoms with Crippen LogP contribution in [0, 0.1) is 5.82 Å². The molecule has 8 heteroatoms. The van der Waals surface area contributed by atoms with Crippen molar-refractivity contribution < 1.29 is 13.6 Å². The average Bonchev–Trinajstić information content (AvgIpc) is 3.32. The zero-order chi connectivity index (χ0) is 21.1. The van der Waals surface area contributed by atoms with Crippen LogP contribution in [0.15, 0.2) is 63.0 Å². The Bertz CT molecular complexity index is 1170. The predicted molar refractivity (Wildman–Crippen MR) is 120 cm³/mol. The summed E-state index contributed by atoms with van der Waals surface area (Å²) in [5.74, 6) is -0.296. The van der Waals surface area contributed by atoms with Gasteiger partial charge in [-0.05, 0) is 71.9 Å². The molecule has 0 saturated heterocycles. The highest BCUT2D eigenvalue weighted by atomic mass is 79.9. The van der Waals surface area contributed by atoms with Crippen molar-refractivity contribution in [3.05, 3.63) is 80.4 Å². The van der Waals surface area contributed by atoms with Crippen LogP contribution in [-0.2, 0) is 13.0 Å². The molecule has 154 valence electrons. The molecule has 0 spiro atoms. The number of nitrogens with zero attached hydrogens (tertiary/aromatic N) is 2. The van der Waals surface area contributed by atoms with Gasteiger partial charge >= 0.3 is 0 Å². The number of hydrogen-bond acceptors (Lipinski definition) is 5. The average molecular weight is 488 g/mol. The van der Waals surface area contributed by atoms with E-state index in [-0.39, 0.29) is 11.7 Å². The van der Waals surface area contributed by atoms with E-state index < -0.39 is 0 Å². The number of carbonyl (C=O) groups excluding carboxylic acids is 1. The molecular formula is C22H19BrFN3O2S. The van der Waals surface area contributed by atoms with E-state index in [1.807, 2.05) is 0 Å². The van der Waals surface area contributed by atoms with Gasteiger partial charge in [0.05, 0.1) is 6.26 Å². The topological polar surface area (TPSA) is 58.4 Å². The zero-order valence-electron chi connectivity index (χ0n) is 16.2. The summed E-state index contributed by atoms with van der Waals surface area (Å²) in [6.45, 7) is 1.72. The number of carbonyl (C=O) groups is 1. The number of amides is 1. The molecule has 30 heavy (non-hydrogen) atoms. The molecule has 0 saturated carbocycles. The lowest BCUT2D eigenvalue weighted by Crippen LogP contribution is -2.20. The van der Waals surface area contributed by atoms with Crippen molar-refractivity contribution in [2.45, 2.75) is 13.0 Å². The summed E-state index contributed by atoms with van der Waals surface area (Å²) in [5, 5.41) is 4.84. The largest absolute Gasteiger partial charge is 0.462 e. The van der Waals surface area contributed by atoms with Gasteiger partial charge in [-0.2, -0.15) is 0 Å². The molecular weight excluding hydrogens is 469 g/mol. The number of anilines is 1. The predicted octanol–water partition coefficient (Wildman–Crippen LogP) is 5.72. The normalized spacial score (nSPS) is 11.3. The minimum Gasteiger partial charge on any atom is -0.462 e. The van der Waals surface area contributed by atoms with Crippen LogP contribution < -0.4 is 5.32 Å². The third kappa shape index (κ3) is 4.95. The molecule has 1 N–H and O–H groups in total. The first-order chi connectivity index (χ1) is 14.5. The Morgan fingerprint density at radius 2 is 2.07 bits per heavy atom. The second-order valence-corrected chi connectivity index (χ2v) is 8.90. The smallest absolute Gasteiger partial charge is 0.256 e. The highest BCUT2D eigenvalue weighted by molar-refractivity contribution is 9.10. The number of halogens is 2. The van der Waals surface area contributed by atoms with E-state index in [4.69, 9.17) is 4.42 Å². The van der Waals surface area contributed by atoms with Crippen molar-refractivity contribution in [1.82, 2.24) is 9.88 Å². The molecule has 3 heterocycles. The van der Waals surface area contributed by atoms with Gasteiger partial charge in [0.2, 0.25) is 0 Å². The summed E-state index contributed by atoms with van der Waals surface area (Å²) in [5.41, 5.74) is 2.77. The molecule has 0 aliphatic rings. The Kier molecular flexibility index (Phi) is 6.26. The number of benzene rings is 1. The van der Waals surface area contributed by atoms with Crippen LogP contribution in [0.4, 0.5) is 10.2 Å². The summed E-state index contributed by atoms with van der Waals surface area (Å²) < 4.78 is 19.8. The van der Waals surface area contributed by atoms with Crippen molar-refractivity contribution in [3.8, 4) is 0 Å². The fraction of sp³-hybridized carbons (Fsp3) is 0.182. The maximum absolute atomic E-state index is 13.1. The Morgan fingerprint density at radius 3 is 2.80 bits per heavy atom. The van der Waals surface area contributed by atoms with E-state index in [9.17, 15) is 9.18 Å². The van der Waals surface area contributed by atoms with Gasteiger partial charge < -0.3 is 14.6 Å². The third-order valence-electron chi connectivity index (χ3n) is 4.65. The fourth-order valence-electron chi connectivity index (χ4n) is 3.09. The third-order valence-corrected chi connectivity index (χ3v) is 6.33. The number of thiophene rings is 1. The van der Waals surface area contributed by atoms with Crippen LogP contribution in [0.2, 0.25) is 0 Å². The maximum atomic E-state index is 13.1. The van der Waals surface area contributed by atoms with Crippen molar-refractivity contribution in [2.75, 3.05) is 18.9 Å². The van der Waals surface area contributed by atoms with E-state index in [0.29, 0.717) is 17.0 Å². The molecule has 5 nitrogen and oxygen atoms in total. The van der Waals surface area contributed by atoms with Crippen LogP contribution in [0.3, 0.4) is 0 Å². The number of pyridine rings is 1. The highest BCUT2D eigenvalue weighted by Crippen LogP contribution is 2.24. The number of rotatable bonds is 7. The minimum absolute atomic E-state index is 0.339. The van der Waals surface area contributed by atoms with Crippen molar-refractivity contribution >= 4 is 50.1 Å². The van der Waals surface area contributed by atoms with Crippen LogP contribution in [0.5, 0.6) is 0 Å². The van der Waals surface area contributed by atoms with Crippen molar-refractivity contribution in [2.24, 2.45) is 0 Å². The van der Waals surface area contributed by atoms with Crippen molar-refractivity contribution in [1.29, 1.82) is 0 Å². The van der Waals surface area contributed by atoms with Gasteiger partial charge in [0, 0.05) is 38.9 Å². The Hall–Kier alpha value is -2.55. The molecule has 0 fully saturated rings. The lowest BCUT2D eigenvalue weighted by molar-refractivity contribution is 0.102. The second kappa shape index (κ2) is 9.07. The monoisotopic (exact) mass is 487 g/mol. The standard InChI is InChI=1S/C22H19BrFN3O2S/c1-27(11-18-10-16(23)13-30-18)9-8-15-12-29-19-6-7-20(25-21(15)19)26-22(28)14-2-4-17(24)5-3-14/h2-7,10,12-13H,8-9,11H2,1H3,(H,25,26,28). The number of likely N-dealkylation sites (N-methyl/N-ethyl adjacent to an activating group) is 1. The number of aromatic nitrogens is 1. The Labute approximate surface area is 185 Å². The molecule has 3 aromatic heterocycles. The maximum Gasteiger partial charge on any atom is 0.256 e. The molecule has 1 amide bonds. The summed E-state index contributed by atoms with van der Waals surface area (Å²) >= 11 is 5.22. The SMILES string of the molecule is CN(CCc1coc2ccc(NC(=O)c3ccc(F)cc3)nc12)Cc1cc(Br)cs1. The summed E-state index contributed by atoms with van der Waals surface area (Å²) in [7, 11) is 2.08. The van der Waals surface area contributed by atoms with Crippen molar-refractivity contribution in [3.63, 3.8) is 0 Å². The van der Waals surface area contributed by atoms with Crippen LogP contribution in [-0.4, -0.2) is 29.4 Å². The van der Waals surface area contributed by atoms with E-state index in [1.165, 1.54) is 29.1 Å². The molecule has 0 aliphatic heterocycles. The van der Waals surface area contributed by atoms with Crippen LogP contribution in [0.25, 0.3) is 11.1 Å². The summed E-state index contributed by atoms with van der Waals surface area (Å²) in [6, 6.07) is 11.0. The number of fused-ring (bicyclic) bond motifs is 1. The lowest BCUT2D eigenvalue weighted by atomic mass is 10.2. The zero-order valence-corrected chi connectivity index (χ0v) is 18.6. The van der Waals surface area contributed by atoms with Gasteiger partial charge in [-0.15, -0.1) is 11.3 Å². The minimum atomic E-state index is -0.384.